The van der Waals surface area contributed by atoms with Gasteiger partial charge in [0.2, 0.25) is 5.88 Å². The normalized spacial score (nSPS) is 11.1. The smallest absolute Gasteiger partial charge is 0.231 e. The number of ether oxygens (including phenoxy) is 1. The van der Waals surface area contributed by atoms with Crippen LogP contribution in [0.5, 0.6) is 5.75 Å². The first-order valence-electron chi connectivity index (χ1n) is 7.03. The fourth-order valence-corrected chi connectivity index (χ4v) is 1.94. The Balaban J connectivity index is 1.86. The molecule has 0 bridgehead atoms. The Bertz CT molecular complexity index is 630. The minimum atomic E-state index is -0.0540. The minimum Gasteiger partial charge on any atom is -0.497 e. The van der Waals surface area contributed by atoms with Crippen LogP contribution in [0.15, 0.2) is 34.9 Å². The Labute approximate surface area is 136 Å². The van der Waals surface area contributed by atoms with Crippen molar-refractivity contribution in [3.63, 3.8) is 0 Å². The van der Waals surface area contributed by atoms with Crippen molar-refractivity contribution in [3.8, 4) is 5.75 Å². The number of nitrogens with one attached hydrogen (secondary N) is 2. The molecule has 5 nitrogen and oxygen atoms in total. The zero-order chi connectivity index (χ0) is 16.2. The highest BCUT2D eigenvalue weighted by molar-refractivity contribution is 7.80. The van der Waals surface area contributed by atoms with Crippen LogP contribution >= 0.6 is 12.2 Å². The summed E-state index contributed by atoms with van der Waals surface area (Å²) in [5.41, 5.74) is 1.94. The largest absolute Gasteiger partial charge is 0.497 e. The first-order valence-corrected chi connectivity index (χ1v) is 7.44. The molecule has 2 rings (SSSR count). The summed E-state index contributed by atoms with van der Waals surface area (Å²) in [6, 6.07) is 9.67. The Hall–Kier alpha value is -2.08. The lowest BCUT2D eigenvalue weighted by atomic mass is 9.92. The standard InChI is InChI=1S/C16H21N3O2S/c1-16(2,3)13-9-14(21-19-13)18-15(22)17-10-11-5-7-12(20-4)8-6-11/h5-9H,10H2,1-4H3,(H2,17,18,22). The zero-order valence-corrected chi connectivity index (χ0v) is 14.1. The van der Waals surface area contributed by atoms with Gasteiger partial charge in [0.15, 0.2) is 5.11 Å². The molecule has 0 amide bonds. The number of hydrogen-bond acceptors (Lipinski definition) is 4. The van der Waals surface area contributed by atoms with Crippen LogP contribution in [0.3, 0.4) is 0 Å². The number of aromatic nitrogens is 1. The number of anilines is 1. The molecule has 0 saturated carbocycles. The van der Waals surface area contributed by atoms with Gasteiger partial charge in [-0.1, -0.05) is 38.1 Å². The van der Waals surface area contributed by atoms with Crippen molar-refractivity contribution in [1.82, 2.24) is 10.5 Å². The molecule has 1 aromatic carbocycles. The third kappa shape index (κ3) is 4.46. The van der Waals surface area contributed by atoms with Gasteiger partial charge in [-0.15, -0.1) is 0 Å². The molecule has 0 unspecified atom stereocenters. The fraction of sp³-hybridized carbons (Fsp3) is 0.375. The Morgan fingerprint density at radius 1 is 1.27 bits per heavy atom. The van der Waals surface area contributed by atoms with Crippen LogP contribution < -0.4 is 15.4 Å². The van der Waals surface area contributed by atoms with Crippen LogP contribution in [0.25, 0.3) is 0 Å². The van der Waals surface area contributed by atoms with E-state index in [0.29, 0.717) is 17.5 Å². The summed E-state index contributed by atoms with van der Waals surface area (Å²) in [4.78, 5) is 0. The maximum absolute atomic E-state index is 5.25. The zero-order valence-electron chi connectivity index (χ0n) is 13.3. The van der Waals surface area contributed by atoms with Crippen LogP contribution in [0, 0.1) is 0 Å². The van der Waals surface area contributed by atoms with Gasteiger partial charge in [0, 0.05) is 18.0 Å². The number of methoxy groups -OCH3 is 1. The lowest BCUT2D eigenvalue weighted by molar-refractivity contribution is 0.405. The van der Waals surface area contributed by atoms with Gasteiger partial charge < -0.3 is 19.9 Å². The molecule has 22 heavy (non-hydrogen) atoms. The highest BCUT2D eigenvalue weighted by atomic mass is 32.1. The summed E-state index contributed by atoms with van der Waals surface area (Å²) in [5, 5.41) is 10.7. The number of benzene rings is 1. The number of nitrogens with zero attached hydrogens (tertiary/aromatic N) is 1. The van der Waals surface area contributed by atoms with Crippen LogP contribution in [-0.4, -0.2) is 17.4 Å². The van der Waals surface area contributed by atoms with Crippen molar-refractivity contribution in [1.29, 1.82) is 0 Å². The van der Waals surface area contributed by atoms with E-state index in [-0.39, 0.29) is 5.41 Å². The topological polar surface area (TPSA) is 59.3 Å². The van der Waals surface area contributed by atoms with Gasteiger partial charge in [-0.3, -0.25) is 0 Å². The molecule has 0 aliphatic rings. The minimum absolute atomic E-state index is 0.0540. The molecule has 6 heteroatoms. The lowest BCUT2D eigenvalue weighted by Gasteiger charge is -2.12. The maximum Gasteiger partial charge on any atom is 0.231 e. The molecule has 0 spiro atoms. The molecule has 0 aliphatic carbocycles. The summed E-state index contributed by atoms with van der Waals surface area (Å²) >= 11 is 5.25. The quantitative estimate of drug-likeness (QED) is 0.842. The lowest BCUT2D eigenvalue weighted by Crippen LogP contribution is -2.27. The molecule has 0 atom stereocenters. The number of thiocarbonyl (C=S) groups is 1. The number of hydrogen-bond donors (Lipinski definition) is 2. The Morgan fingerprint density at radius 2 is 1.95 bits per heavy atom. The van der Waals surface area contributed by atoms with Gasteiger partial charge in [-0.25, -0.2) is 0 Å². The molecule has 0 aliphatic heterocycles. The molecule has 2 N–H and O–H groups in total. The van der Waals surface area contributed by atoms with Crippen molar-refractivity contribution in [2.75, 3.05) is 12.4 Å². The van der Waals surface area contributed by atoms with E-state index < -0.39 is 0 Å². The van der Waals surface area contributed by atoms with E-state index in [4.69, 9.17) is 21.5 Å². The average Bonchev–Trinajstić information content (AvgIpc) is 2.94. The molecule has 0 fully saturated rings. The van der Waals surface area contributed by atoms with Crippen molar-refractivity contribution in [2.45, 2.75) is 32.7 Å². The Morgan fingerprint density at radius 3 is 2.50 bits per heavy atom. The van der Waals surface area contributed by atoms with Crippen molar-refractivity contribution >= 4 is 23.2 Å². The molecule has 1 heterocycles. The Kier molecular flexibility index (Phi) is 5.03. The van der Waals surface area contributed by atoms with E-state index in [2.05, 4.69) is 36.6 Å². The van der Waals surface area contributed by atoms with Gasteiger partial charge in [0.05, 0.1) is 12.8 Å². The fourth-order valence-electron chi connectivity index (χ4n) is 1.77. The van der Waals surface area contributed by atoms with E-state index in [1.165, 1.54) is 0 Å². The molecular formula is C16H21N3O2S. The van der Waals surface area contributed by atoms with Crippen molar-refractivity contribution in [2.24, 2.45) is 0 Å². The SMILES string of the molecule is COc1ccc(CNC(=S)Nc2cc(C(C)(C)C)no2)cc1. The summed E-state index contributed by atoms with van der Waals surface area (Å²) in [5.74, 6) is 1.37. The van der Waals surface area contributed by atoms with Crippen LogP contribution in [-0.2, 0) is 12.0 Å². The van der Waals surface area contributed by atoms with E-state index in [0.717, 1.165) is 17.0 Å². The molecular weight excluding hydrogens is 298 g/mol. The maximum atomic E-state index is 5.25. The van der Waals surface area contributed by atoms with Crippen molar-refractivity contribution < 1.29 is 9.26 Å². The van der Waals surface area contributed by atoms with Crippen LogP contribution in [0.2, 0.25) is 0 Å². The molecule has 0 radical (unpaired) electrons. The summed E-state index contributed by atoms with van der Waals surface area (Å²) in [6.45, 7) is 6.86. The summed E-state index contributed by atoms with van der Waals surface area (Å²) in [7, 11) is 1.65. The first-order chi connectivity index (χ1) is 10.4. The molecule has 118 valence electrons. The van der Waals surface area contributed by atoms with Crippen LogP contribution in [0.1, 0.15) is 32.0 Å². The second-order valence-electron chi connectivity index (χ2n) is 5.98. The summed E-state index contributed by atoms with van der Waals surface area (Å²) in [6.07, 6.45) is 0. The summed E-state index contributed by atoms with van der Waals surface area (Å²) < 4.78 is 10.4. The van der Waals surface area contributed by atoms with E-state index in [9.17, 15) is 0 Å². The molecule has 1 aromatic heterocycles. The van der Waals surface area contributed by atoms with Crippen LogP contribution in [0.4, 0.5) is 5.88 Å². The van der Waals surface area contributed by atoms with Gasteiger partial charge >= 0.3 is 0 Å². The highest BCUT2D eigenvalue weighted by Crippen LogP contribution is 2.23. The van der Waals surface area contributed by atoms with Gasteiger partial charge in [-0.2, -0.15) is 0 Å². The monoisotopic (exact) mass is 319 g/mol. The average molecular weight is 319 g/mol. The second kappa shape index (κ2) is 6.79. The predicted octanol–water partition coefficient (Wildman–Crippen LogP) is 3.47. The molecule has 0 saturated heterocycles. The first kappa shape index (κ1) is 16.3. The van der Waals surface area contributed by atoms with Gasteiger partial charge in [-0.05, 0) is 29.9 Å². The van der Waals surface area contributed by atoms with Gasteiger partial charge in [0.25, 0.3) is 0 Å². The second-order valence-corrected chi connectivity index (χ2v) is 6.39. The van der Waals surface area contributed by atoms with E-state index in [1.807, 2.05) is 30.3 Å². The van der Waals surface area contributed by atoms with Crippen molar-refractivity contribution in [3.05, 3.63) is 41.6 Å². The third-order valence-corrected chi connectivity index (χ3v) is 3.37. The van der Waals surface area contributed by atoms with Gasteiger partial charge in [0.1, 0.15) is 5.75 Å². The number of rotatable bonds is 4. The predicted molar refractivity (Wildman–Crippen MR) is 91.3 cm³/mol. The third-order valence-electron chi connectivity index (χ3n) is 3.13. The van der Waals surface area contributed by atoms with E-state index >= 15 is 0 Å². The highest BCUT2D eigenvalue weighted by Gasteiger charge is 2.19. The molecule has 2 aromatic rings. The van der Waals surface area contributed by atoms with E-state index in [1.54, 1.807) is 7.11 Å².